The Kier molecular flexibility index (Phi) is 4.08. The summed E-state index contributed by atoms with van der Waals surface area (Å²) in [5.74, 6) is 1.80. The molecule has 34 heavy (non-hydrogen) atoms. The summed E-state index contributed by atoms with van der Waals surface area (Å²) in [6.07, 6.45) is 7.64. The molecule has 5 nitrogen and oxygen atoms in total. The van der Waals surface area contributed by atoms with E-state index >= 15 is 0 Å². The zero-order valence-corrected chi connectivity index (χ0v) is 21.5. The number of ether oxygens (including phenoxy) is 2. The summed E-state index contributed by atoms with van der Waals surface area (Å²) >= 11 is 0. The summed E-state index contributed by atoms with van der Waals surface area (Å²) in [6.45, 7) is 10.8. The third-order valence-electron chi connectivity index (χ3n) is 11.9. The number of hydrogen-bond donors (Lipinski definition) is 2. The molecule has 4 saturated carbocycles. The van der Waals surface area contributed by atoms with Crippen LogP contribution in [0.1, 0.15) is 77.3 Å². The summed E-state index contributed by atoms with van der Waals surface area (Å²) < 4.78 is 13.5. The maximum Gasteiger partial charge on any atom is 0.165 e. The van der Waals surface area contributed by atoms with Crippen molar-refractivity contribution in [1.82, 2.24) is 4.90 Å². The molecule has 0 amide bonds. The quantitative estimate of drug-likeness (QED) is 0.687. The third-order valence-corrected chi connectivity index (χ3v) is 11.9. The Morgan fingerprint density at radius 1 is 1.15 bits per heavy atom. The SMILES string of the molecule is CO[C@]12CC[C@@]3(CC1C(C)(O)C(C)(C)C)C1Cc4ccc(O)c5c4C3(CCN1CC1CC1)[C@H]2O5. The number of phenolic OH excluding ortho intramolecular Hbond substituents is 1. The standard InChI is InChI=1S/C29H41NO4/c1-25(2,3)26(4,32)20-15-27-10-11-29(20,33-5)24-28(27)12-13-30(16-17-6-7-17)21(27)14-18-8-9-19(31)23(34-24)22(18)28/h8-9,17,20-21,24,31-32H,6-7,10-16H2,1-5H3/t20?,21?,24-,26?,27-,28?,29-/m1/s1. The fraction of sp³-hybridized carbons (Fsp3) is 0.793. The third kappa shape index (κ3) is 2.25. The zero-order chi connectivity index (χ0) is 23.9. The Bertz CT molecular complexity index is 1060. The van der Waals surface area contributed by atoms with E-state index in [1.54, 1.807) is 0 Å². The molecule has 2 spiro atoms. The van der Waals surface area contributed by atoms with Crippen LogP contribution in [0.4, 0.5) is 0 Å². The van der Waals surface area contributed by atoms with Crippen LogP contribution in [-0.4, -0.2) is 58.7 Å². The molecule has 4 unspecified atom stereocenters. The van der Waals surface area contributed by atoms with Crippen LogP contribution in [-0.2, 0) is 16.6 Å². The number of methoxy groups -OCH3 is 1. The normalized spacial score (nSPS) is 43.9. The lowest BCUT2D eigenvalue weighted by molar-refractivity contribution is -0.312. The second-order valence-corrected chi connectivity index (χ2v) is 13.8. The van der Waals surface area contributed by atoms with Gasteiger partial charge in [-0.25, -0.2) is 0 Å². The van der Waals surface area contributed by atoms with Crippen molar-refractivity contribution in [3.63, 3.8) is 0 Å². The van der Waals surface area contributed by atoms with Gasteiger partial charge in [-0.05, 0) is 81.4 Å². The molecule has 2 heterocycles. The number of benzene rings is 1. The monoisotopic (exact) mass is 467 g/mol. The topological polar surface area (TPSA) is 62.2 Å². The van der Waals surface area contributed by atoms with Gasteiger partial charge in [0.25, 0.3) is 0 Å². The van der Waals surface area contributed by atoms with E-state index in [0.29, 0.717) is 11.8 Å². The molecule has 186 valence electrons. The van der Waals surface area contributed by atoms with Crippen molar-refractivity contribution >= 4 is 0 Å². The largest absolute Gasteiger partial charge is 0.504 e. The van der Waals surface area contributed by atoms with Crippen LogP contribution in [0.5, 0.6) is 11.5 Å². The number of nitrogens with zero attached hydrogens (tertiary/aromatic N) is 1. The predicted octanol–water partition coefficient (Wildman–Crippen LogP) is 4.41. The highest BCUT2D eigenvalue weighted by Crippen LogP contribution is 2.78. The molecule has 1 aromatic carbocycles. The maximum absolute atomic E-state index is 12.2. The van der Waals surface area contributed by atoms with Crippen molar-refractivity contribution in [3.8, 4) is 11.5 Å². The molecule has 7 aliphatic rings. The van der Waals surface area contributed by atoms with Gasteiger partial charge in [0.05, 0.1) is 5.60 Å². The molecule has 4 bridgehead atoms. The van der Waals surface area contributed by atoms with Crippen LogP contribution in [0, 0.1) is 22.7 Å². The highest BCUT2D eigenvalue weighted by Gasteiger charge is 2.82. The minimum Gasteiger partial charge on any atom is -0.504 e. The van der Waals surface area contributed by atoms with Crippen molar-refractivity contribution in [2.75, 3.05) is 20.2 Å². The number of rotatable bonds is 4. The number of phenols is 1. The van der Waals surface area contributed by atoms with Gasteiger partial charge in [0.2, 0.25) is 0 Å². The Hall–Kier alpha value is -1.30. The second kappa shape index (κ2) is 6.33. The molecule has 0 radical (unpaired) electrons. The maximum atomic E-state index is 12.2. The van der Waals surface area contributed by atoms with Gasteiger partial charge >= 0.3 is 0 Å². The smallest absolute Gasteiger partial charge is 0.165 e. The van der Waals surface area contributed by atoms with Gasteiger partial charge in [-0.15, -0.1) is 0 Å². The Morgan fingerprint density at radius 3 is 2.59 bits per heavy atom. The minimum absolute atomic E-state index is 0.0294. The number of aliphatic hydroxyl groups is 1. The number of fused-ring (bicyclic) bond motifs is 2. The minimum atomic E-state index is -0.909. The molecule has 8 rings (SSSR count). The summed E-state index contributed by atoms with van der Waals surface area (Å²) in [5.41, 5.74) is 0.783. The molecule has 7 atom stereocenters. The molecule has 0 aromatic heterocycles. The van der Waals surface area contributed by atoms with Gasteiger partial charge in [0.1, 0.15) is 11.7 Å². The average Bonchev–Trinajstić information content (AvgIpc) is 3.53. The zero-order valence-electron chi connectivity index (χ0n) is 21.5. The second-order valence-electron chi connectivity index (χ2n) is 13.8. The lowest BCUT2D eigenvalue weighted by Gasteiger charge is -2.75. The first-order valence-corrected chi connectivity index (χ1v) is 13.6. The van der Waals surface area contributed by atoms with E-state index in [1.165, 1.54) is 30.5 Å². The van der Waals surface area contributed by atoms with Gasteiger partial charge in [0, 0.05) is 42.0 Å². The van der Waals surface area contributed by atoms with E-state index in [2.05, 4.69) is 31.7 Å². The summed E-state index contributed by atoms with van der Waals surface area (Å²) in [5, 5.41) is 23.2. The number of aromatic hydroxyl groups is 1. The molecule has 2 aliphatic heterocycles. The lowest BCUT2D eigenvalue weighted by atomic mass is 9.33. The van der Waals surface area contributed by atoms with Crippen molar-refractivity contribution in [2.45, 2.75) is 101 Å². The van der Waals surface area contributed by atoms with E-state index in [9.17, 15) is 10.2 Å². The Balaban J connectivity index is 1.47. The van der Waals surface area contributed by atoms with E-state index in [4.69, 9.17) is 9.47 Å². The van der Waals surface area contributed by atoms with Crippen LogP contribution in [0.25, 0.3) is 0 Å². The van der Waals surface area contributed by atoms with Gasteiger partial charge in [-0.2, -0.15) is 0 Å². The molecule has 2 N–H and O–H groups in total. The Morgan fingerprint density at radius 2 is 1.91 bits per heavy atom. The van der Waals surface area contributed by atoms with Crippen molar-refractivity contribution in [3.05, 3.63) is 23.3 Å². The van der Waals surface area contributed by atoms with Gasteiger partial charge in [-0.1, -0.05) is 26.8 Å². The van der Waals surface area contributed by atoms with Crippen molar-refractivity contribution < 1.29 is 19.7 Å². The first kappa shape index (κ1) is 21.9. The van der Waals surface area contributed by atoms with Gasteiger partial charge in [-0.3, -0.25) is 4.90 Å². The van der Waals surface area contributed by atoms with Crippen LogP contribution < -0.4 is 4.74 Å². The van der Waals surface area contributed by atoms with Gasteiger partial charge < -0.3 is 19.7 Å². The summed E-state index contributed by atoms with van der Waals surface area (Å²) in [4.78, 5) is 2.82. The first-order valence-electron chi connectivity index (χ1n) is 13.6. The lowest BCUT2D eigenvalue weighted by Crippen LogP contribution is -2.83. The Labute approximate surface area is 203 Å². The fourth-order valence-electron chi connectivity index (χ4n) is 9.58. The molecular formula is C29H41NO4. The highest BCUT2D eigenvalue weighted by molar-refractivity contribution is 5.63. The fourth-order valence-corrected chi connectivity index (χ4v) is 9.58. The van der Waals surface area contributed by atoms with E-state index in [0.717, 1.165) is 44.6 Å². The molecule has 1 aromatic rings. The number of hydrogen-bond acceptors (Lipinski definition) is 5. The number of likely N-dealkylation sites (tertiary alicyclic amines) is 1. The molecule has 5 aliphatic carbocycles. The highest BCUT2D eigenvalue weighted by atomic mass is 16.6. The van der Waals surface area contributed by atoms with Crippen LogP contribution >= 0.6 is 0 Å². The summed E-state index contributed by atoms with van der Waals surface area (Å²) in [6, 6.07) is 4.46. The molecule has 5 fully saturated rings. The van der Waals surface area contributed by atoms with Crippen LogP contribution in [0.15, 0.2) is 12.1 Å². The van der Waals surface area contributed by atoms with Crippen molar-refractivity contribution in [2.24, 2.45) is 22.7 Å². The molecule has 1 saturated heterocycles. The molecule has 5 heteroatoms. The first-order chi connectivity index (χ1) is 16.0. The molecular weight excluding hydrogens is 426 g/mol. The van der Waals surface area contributed by atoms with E-state index in [1.807, 2.05) is 20.1 Å². The van der Waals surface area contributed by atoms with Crippen LogP contribution in [0.2, 0.25) is 0 Å². The van der Waals surface area contributed by atoms with Crippen LogP contribution in [0.3, 0.4) is 0 Å². The van der Waals surface area contributed by atoms with Gasteiger partial charge in [0.15, 0.2) is 11.5 Å². The average molecular weight is 468 g/mol. The predicted molar refractivity (Wildman–Crippen MR) is 130 cm³/mol. The summed E-state index contributed by atoms with van der Waals surface area (Å²) in [7, 11) is 1.83. The van der Waals surface area contributed by atoms with E-state index < -0.39 is 11.2 Å². The number of piperidine rings is 1. The van der Waals surface area contributed by atoms with E-state index in [-0.39, 0.29) is 34.0 Å². The van der Waals surface area contributed by atoms with Crippen molar-refractivity contribution in [1.29, 1.82) is 0 Å².